The second-order valence-electron chi connectivity index (χ2n) is 7.91. The van der Waals surface area contributed by atoms with Crippen molar-refractivity contribution in [3.05, 3.63) is 34.9 Å². The minimum absolute atomic E-state index is 0.149. The van der Waals surface area contributed by atoms with E-state index in [9.17, 15) is 24.0 Å². The number of alkyl halides is 2. The molecule has 4 rings (SSSR count). The molecular weight excluding hydrogens is 485 g/mol. The van der Waals surface area contributed by atoms with Gasteiger partial charge in [-0.15, -0.1) is 23.2 Å². The maximum atomic E-state index is 12.7. The van der Waals surface area contributed by atoms with E-state index in [0.717, 1.165) is 4.90 Å². The number of nitrogens with one attached hydrogen (secondary N) is 2. The van der Waals surface area contributed by atoms with Crippen LogP contribution in [0.4, 0.5) is 0 Å². The number of nitrogens with zero attached hydrogens (tertiary/aromatic N) is 1. The molecule has 3 fully saturated rings. The molecule has 1 aliphatic heterocycles. The molecule has 2 bridgehead atoms. The first-order chi connectivity index (χ1) is 15.2. The molecule has 1 aromatic carbocycles. The first-order valence-corrected chi connectivity index (χ1v) is 11.1. The number of hydrogen-bond donors (Lipinski definition) is 2. The Labute approximate surface area is 197 Å². The van der Waals surface area contributed by atoms with Gasteiger partial charge in [0.2, 0.25) is 11.8 Å². The van der Waals surface area contributed by atoms with Crippen LogP contribution < -0.4 is 10.9 Å². The molecule has 2 saturated carbocycles. The number of carbonyl (C=O) groups is 5. The minimum Gasteiger partial charge on any atom is -0.454 e. The zero-order valence-electron chi connectivity index (χ0n) is 16.4. The number of hydrogen-bond acceptors (Lipinski definition) is 6. The predicted octanol–water partition coefficient (Wildman–Crippen LogP) is 1.11. The molecule has 1 saturated heterocycles. The number of halogens is 3. The summed E-state index contributed by atoms with van der Waals surface area (Å²) in [5, 5.41) is -0.586. The number of esters is 1. The quantitative estimate of drug-likeness (QED) is 0.269. The fraction of sp³-hybridized carbons (Fsp3) is 0.450. The van der Waals surface area contributed by atoms with Crippen LogP contribution in [-0.2, 0) is 23.9 Å². The largest absolute Gasteiger partial charge is 0.454 e. The van der Waals surface area contributed by atoms with Gasteiger partial charge in [-0.3, -0.25) is 39.7 Å². The van der Waals surface area contributed by atoms with Crippen molar-refractivity contribution in [1.82, 2.24) is 15.8 Å². The highest BCUT2D eigenvalue weighted by atomic mass is 35.5. The Hall–Kier alpha value is -2.36. The zero-order chi connectivity index (χ0) is 23.2. The lowest BCUT2D eigenvalue weighted by Gasteiger charge is -2.28. The molecule has 0 radical (unpaired) electrons. The van der Waals surface area contributed by atoms with Gasteiger partial charge in [-0.2, -0.15) is 0 Å². The number of ether oxygens (including phenoxy) is 1. The fourth-order valence-corrected chi connectivity index (χ4v) is 5.88. The third-order valence-corrected chi connectivity index (χ3v) is 7.81. The smallest absolute Gasteiger partial charge is 0.326 e. The summed E-state index contributed by atoms with van der Waals surface area (Å²) in [6.45, 7) is -1.33. The summed E-state index contributed by atoms with van der Waals surface area (Å²) in [5.74, 6) is -4.86. The summed E-state index contributed by atoms with van der Waals surface area (Å²) in [5.41, 5.74) is 4.38. The first kappa shape index (κ1) is 22.8. The van der Waals surface area contributed by atoms with E-state index in [4.69, 9.17) is 39.5 Å². The molecule has 1 aromatic rings. The Morgan fingerprint density at radius 3 is 2.19 bits per heavy atom. The van der Waals surface area contributed by atoms with Gasteiger partial charge in [-0.25, -0.2) is 0 Å². The van der Waals surface area contributed by atoms with Crippen molar-refractivity contribution >= 4 is 64.4 Å². The third-order valence-electron chi connectivity index (χ3n) is 6.16. The van der Waals surface area contributed by atoms with Crippen LogP contribution in [0.2, 0.25) is 5.02 Å². The Morgan fingerprint density at radius 1 is 1.00 bits per heavy atom. The van der Waals surface area contributed by atoms with Crippen LogP contribution >= 0.6 is 34.8 Å². The number of amides is 4. The lowest BCUT2D eigenvalue weighted by Crippen LogP contribution is -2.44. The molecular formula is C20H18Cl3N3O6. The second-order valence-corrected chi connectivity index (χ2v) is 9.32. The number of hydrazine groups is 1. The van der Waals surface area contributed by atoms with E-state index in [1.54, 1.807) is 12.1 Å². The number of carbonyl (C=O) groups excluding carboxylic acids is 5. The molecule has 2 N–H and O–H groups in total. The highest BCUT2D eigenvalue weighted by molar-refractivity contribution is 6.33. The van der Waals surface area contributed by atoms with Gasteiger partial charge in [0.25, 0.3) is 11.8 Å². The average Bonchev–Trinajstić information content (AvgIpc) is 3.37. The number of rotatable bonds is 5. The molecule has 32 heavy (non-hydrogen) atoms. The van der Waals surface area contributed by atoms with Crippen LogP contribution in [0, 0.1) is 23.7 Å². The third kappa shape index (κ3) is 3.93. The van der Waals surface area contributed by atoms with Crippen molar-refractivity contribution in [2.45, 2.75) is 17.2 Å². The van der Waals surface area contributed by atoms with Crippen LogP contribution in [0.3, 0.4) is 0 Å². The molecule has 4 amide bonds. The van der Waals surface area contributed by atoms with Gasteiger partial charge in [0.1, 0.15) is 6.54 Å². The highest BCUT2D eigenvalue weighted by Crippen LogP contribution is 2.59. The van der Waals surface area contributed by atoms with E-state index in [0.29, 0.717) is 6.42 Å². The van der Waals surface area contributed by atoms with Crippen molar-refractivity contribution in [2.24, 2.45) is 23.7 Å². The van der Waals surface area contributed by atoms with Crippen LogP contribution in [0.25, 0.3) is 0 Å². The fourth-order valence-electron chi connectivity index (χ4n) is 4.76. The molecule has 1 heterocycles. The number of likely N-dealkylation sites (tertiary alicyclic amines) is 1. The lowest BCUT2D eigenvalue weighted by atomic mass is 9.80. The van der Waals surface area contributed by atoms with Crippen molar-refractivity contribution in [3.63, 3.8) is 0 Å². The molecule has 9 nitrogen and oxygen atoms in total. The molecule has 0 aromatic heterocycles. The van der Waals surface area contributed by atoms with Crippen molar-refractivity contribution in [1.29, 1.82) is 0 Å². The first-order valence-electron chi connectivity index (χ1n) is 9.83. The SMILES string of the molecule is O=C(COC(=O)CN1C(=O)[C@@H]2[C@H]3C[C@@H]([C@H](Cl)[C@H]3Cl)[C@H]2C1=O)NNC(=O)c1ccccc1Cl. The summed E-state index contributed by atoms with van der Waals surface area (Å²) in [6.07, 6.45) is 0.619. The van der Waals surface area contributed by atoms with Gasteiger partial charge in [-0.05, 0) is 30.4 Å². The summed E-state index contributed by atoms with van der Waals surface area (Å²) in [4.78, 5) is 62.2. The van der Waals surface area contributed by atoms with Crippen LogP contribution in [0.5, 0.6) is 0 Å². The van der Waals surface area contributed by atoms with E-state index in [1.165, 1.54) is 12.1 Å². The number of imide groups is 1. The zero-order valence-corrected chi connectivity index (χ0v) is 18.7. The second kappa shape index (κ2) is 8.88. The Kier molecular flexibility index (Phi) is 6.33. The summed E-state index contributed by atoms with van der Waals surface area (Å²) < 4.78 is 4.83. The molecule has 0 spiro atoms. The van der Waals surface area contributed by atoms with Crippen molar-refractivity contribution in [2.75, 3.05) is 13.2 Å². The van der Waals surface area contributed by atoms with Crippen LogP contribution in [0.1, 0.15) is 16.8 Å². The molecule has 2 aliphatic carbocycles. The highest BCUT2D eigenvalue weighted by Gasteiger charge is 2.66. The molecule has 12 heteroatoms. The minimum atomic E-state index is -0.934. The van der Waals surface area contributed by atoms with Gasteiger partial charge < -0.3 is 4.74 Å². The standard InChI is InChI=1S/C20H18Cl3N3O6/c21-11-4-2-1-3-8(11)18(29)25-24-12(27)7-32-13(28)6-26-19(30)14-9-5-10(15(14)20(26)31)17(23)16(9)22/h1-4,9-10,14-17H,5-7H2,(H,24,27)(H,25,29)/t9-,10-,14-,15-,16+,17+/m1/s1. The lowest BCUT2D eigenvalue weighted by molar-refractivity contribution is -0.155. The summed E-state index contributed by atoms with van der Waals surface area (Å²) >= 11 is 18.5. The van der Waals surface area contributed by atoms with E-state index >= 15 is 0 Å². The van der Waals surface area contributed by atoms with Gasteiger partial charge in [-0.1, -0.05) is 23.7 Å². The molecule has 6 atom stereocenters. The number of fused-ring (bicyclic) bond motifs is 5. The maximum Gasteiger partial charge on any atom is 0.326 e. The maximum absolute atomic E-state index is 12.7. The number of benzene rings is 1. The van der Waals surface area contributed by atoms with Gasteiger partial charge in [0.15, 0.2) is 6.61 Å². The van der Waals surface area contributed by atoms with Gasteiger partial charge in [0.05, 0.1) is 33.2 Å². The van der Waals surface area contributed by atoms with Crippen molar-refractivity contribution < 1.29 is 28.7 Å². The Balaban J connectivity index is 1.25. The Morgan fingerprint density at radius 2 is 1.59 bits per heavy atom. The van der Waals surface area contributed by atoms with Crippen molar-refractivity contribution in [3.8, 4) is 0 Å². The Bertz CT molecular complexity index is 973. The van der Waals surface area contributed by atoms with Gasteiger partial charge in [0, 0.05) is 0 Å². The van der Waals surface area contributed by atoms with Gasteiger partial charge >= 0.3 is 5.97 Å². The normalized spacial score (nSPS) is 30.3. The molecule has 3 aliphatic rings. The average molecular weight is 503 g/mol. The van der Waals surface area contributed by atoms with Crippen LogP contribution in [-0.4, -0.2) is 58.4 Å². The predicted molar refractivity (Wildman–Crippen MR) is 113 cm³/mol. The van der Waals surface area contributed by atoms with Crippen LogP contribution in [0.15, 0.2) is 24.3 Å². The summed E-state index contributed by atoms with van der Waals surface area (Å²) in [6, 6.07) is 6.23. The van der Waals surface area contributed by atoms with E-state index in [2.05, 4.69) is 10.9 Å². The molecule has 170 valence electrons. The van der Waals surface area contributed by atoms with E-state index in [-0.39, 0.29) is 22.4 Å². The van der Waals surface area contributed by atoms with E-state index < -0.39 is 65.3 Å². The van der Waals surface area contributed by atoms with E-state index in [1.807, 2.05) is 0 Å². The summed E-state index contributed by atoms with van der Waals surface area (Å²) in [7, 11) is 0. The monoisotopic (exact) mass is 501 g/mol. The molecule has 0 unspecified atom stereocenters. The topological polar surface area (TPSA) is 122 Å².